The number of rotatable bonds is 5. The number of carbonyl (C=O) groups is 1. The monoisotopic (exact) mass is 447 g/mol. The summed E-state index contributed by atoms with van der Waals surface area (Å²) >= 11 is 1.25. The number of thioether (sulfide) groups is 1. The van der Waals surface area contributed by atoms with Crippen molar-refractivity contribution in [3.05, 3.63) is 70.8 Å². The second-order valence-electron chi connectivity index (χ2n) is 7.64. The standard InChI is InChI=1S/C23H21N5O3S/c29-19(14-32-23-24-18-9-5-4-8-17(18)20(30)25-23)28-12-10-16(11-13-28)22-27-26-21(31-22)15-6-2-1-3-7-15/h1-9,16H,10-14H2,(H,24,25,30). The van der Waals surface area contributed by atoms with Gasteiger partial charge in [0.25, 0.3) is 5.56 Å². The van der Waals surface area contributed by atoms with Crippen molar-refractivity contribution in [2.75, 3.05) is 18.8 Å². The van der Waals surface area contributed by atoms with Gasteiger partial charge in [0.1, 0.15) is 0 Å². The number of fused-ring (bicyclic) bond motifs is 1. The number of aromatic amines is 1. The van der Waals surface area contributed by atoms with E-state index >= 15 is 0 Å². The lowest BCUT2D eigenvalue weighted by Crippen LogP contribution is -2.39. The molecule has 1 aliphatic rings. The van der Waals surface area contributed by atoms with Crippen LogP contribution in [0.15, 0.2) is 69.0 Å². The van der Waals surface area contributed by atoms with Crippen LogP contribution in [0.3, 0.4) is 0 Å². The largest absolute Gasteiger partial charge is 0.420 e. The molecular formula is C23H21N5O3S. The summed E-state index contributed by atoms with van der Waals surface area (Å²) in [5, 5.41) is 9.40. The maximum absolute atomic E-state index is 12.7. The number of aromatic nitrogens is 4. The fraction of sp³-hybridized carbons (Fsp3) is 0.261. The smallest absolute Gasteiger partial charge is 0.259 e. The molecule has 0 spiro atoms. The Bertz CT molecular complexity index is 1300. The number of nitrogens with one attached hydrogen (secondary N) is 1. The third-order valence-corrected chi connectivity index (χ3v) is 6.44. The van der Waals surface area contributed by atoms with Crippen LogP contribution in [0.1, 0.15) is 24.7 Å². The van der Waals surface area contributed by atoms with Crippen LogP contribution >= 0.6 is 11.8 Å². The minimum atomic E-state index is -0.194. The van der Waals surface area contributed by atoms with Crippen LogP contribution in [-0.4, -0.2) is 49.8 Å². The fourth-order valence-electron chi connectivity index (χ4n) is 3.83. The van der Waals surface area contributed by atoms with Crippen LogP contribution in [0, 0.1) is 0 Å². The van der Waals surface area contributed by atoms with Crippen molar-refractivity contribution < 1.29 is 9.21 Å². The quantitative estimate of drug-likeness (QED) is 0.369. The first-order valence-electron chi connectivity index (χ1n) is 10.5. The maximum Gasteiger partial charge on any atom is 0.259 e. The molecule has 1 amide bonds. The number of H-pyrrole nitrogens is 1. The summed E-state index contributed by atoms with van der Waals surface area (Å²) in [5.74, 6) is 1.55. The van der Waals surface area contributed by atoms with Crippen molar-refractivity contribution in [1.82, 2.24) is 25.1 Å². The number of benzene rings is 2. The summed E-state index contributed by atoms with van der Waals surface area (Å²) in [6, 6.07) is 16.9. The van der Waals surface area contributed by atoms with Gasteiger partial charge in [0.05, 0.1) is 16.7 Å². The van der Waals surface area contributed by atoms with Gasteiger partial charge >= 0.3 is 0 Å². The molecule has 3 heterocycles. The van der Waals surface area contributed by atoms with E-state index in [2.05, 4.69) is 20.2 Å². The normalized spacial score (nSPS) is 14.7. The second kappa shape index (κ2) is 8.96. The molecule has 1 aliphatic heterocycles. The number of likely N-dealkylation sites (tertiary alicyclic amines) is 1. The predicted octanol–water partition coefficient (Wildman–Crippen LogP) is 3.47. The number of para-hydroxylation sites is 1. The molecule has 0 atom stereocenters. The number of hydrogen-bond donors (Lipinski definition) is 1. The van der Waals surface area contributed by atoms with Crippen molar-refractivity contribution in [1.29, 1.82) is 0 Å². The summed E-state index contributed by atoms with van der Waals surface area (Å²) in [6.45, 7) is 1.27. The van der Waals surface area contributed by atoms with Gasteiger partial charge in [-0.05, 0) is 37.1 Å². The Hall–Kier alpha value is -3.46. The molecule has 5 rings (SSSR count). The molecule has 32 heavy (non-hydrogen) atoms. The Morgan fingerprint density at radius 3 is 2.62 bits per heavy atom. The highest BCUT2D eigenvalue weighted by Crippen LogP contribution is 2.29. The van der Waals surface area contributed by atoms with Crippen molar-refractivity contribution in [3.8, 4) is 11.5 Å². The third kappa shape index (κ3) is 4.29. The molecule has 4 aromatic rings. The summed E-state index contributed by atoms with van der Waals surface area (Å²) in [6.07, 6.45) is 1.55. The molecule has 2 aromatic carbocycles. The molecule has 0 saturated carbocycles. The molecule has 0 bridgehead atoms. The molecule has 1 fully saturated rings. The van der Waals surface area contributed by atoms with Gasteiger partial charge in [0.15, 0.2) is 5.16 Å². The molecule has 0 unspecified atom stereocenters. The Labute approximate surface area is 188 Å². The molecule has 1 saturated heterocycles. The first-order chi connectivity index (χ1) is 15.7. The number of nitrogens with zero attached hydrogens (tertiary/aromatic N) is 4. The van der Waals surface area contributed by atoms with Crippen LogP contribution in [0.25, 0.3) is 22.4 Å². The third-order valence-electron chi connectivity index (χ3n) is 5.58. The van der Waals surface area contributed by atoms with Gasteiger partial charge < -0.3 is 14.3 Å². The molecular weight excluding hydrogens is 426 g/mol. The van der Waals surface area contributed by atoms with Gasteiger partial charge in [-0.25, -0.2) is 4.98 Å². The topological polar surface area (TPSA) is 105 Å². The predicted molar refractivity (Wildman–Crippen MR) is 121 cm³/mol. The summed E-state index contributed by atoms with van der Waals surface area (Å²) in [4.78, 5) is 33.9. The zero-order chi connectivity index (χ0) is 21.9. The van der Waals surface area contributed by atoms with E-state index in [1.807, 2.05) is 41.3 Å². The van der Waals surface area contributed by atoms with E-state index in [4.69, 9.17) is 4.42 Å². The number of piperidine rings is 1. The van der Waals surface area contributed by atoms with E-state index in [0.29, 0.717) is 40.9 Å². The van der Waals surface area contributed by atoms with E-state index < -0.39 is 0 Å². The van der Waals surface area contributed by atoms with Crippen LogP contribution in [0.2, 0.25) is 0 Å². The van der Waals surface area contributed by atoms with Crippen LogP contribution < -0.4 is 5.56 Å². The summed E-state index contributed by atoms with van der Waals surface area (Å²) < 4.78 is 5.88. The van der Waals surface area contributed by atoms with Crippen molar-refractivity contribution >= 4 is 28.6 Å². The molecule has 9 heteroatoms. The van der Waals surface area contributed by atoms with E-state index in [9.17, 15) is 9.59 Å². The highest BCUT2D eigenvalue weighted by atomic mass is 32.2. The van der Waals surface area contributed by atoms with Crippen molar-refractivity contribution in [2.24, 2.45) is 0 Å². The molecule has 2 aromatic heterocycles. The molecule has 0 radical (unpaired) electrons. The molecule has 1 N–H and O–H groups in total. The fourth-order valence-corrected chi connectivity index (χ4v) is 4.60. The SMILES string of the molecule is O=C(CSc1nc2ccccc2c(=O)[nH]1)N1CCC(c2nnc(-c3ccccc3)o2)CC1. The lowest BCUT2D eigenvalue weighted by atomic mass is 9.97. The van der Waals surface area contributed by atoms with Gasteiger partial charge in [0, 0.05) is 24.6 Å². The number of hydrogen-bond acceptors (Lipinski definition) is 7. The lowest BCUT2D eigenvalue weighted by molar-refractivity contribution is -0.129. The molecule has 0 aliphatic carbocycles. The number of carbonyl (C=O) groups excluding carboxylic acids is 1. The second-order valence-corrected chi connectivity index (χ2v) is 8.61. The van der Waals surface area contributed by atoms with Crippen LogP contribution in [-0.2, 0) is 4.79 Å². The first-order valence-corrected chi connectivity index (χ1v) is 11.4. The van der Waals surface area contributed by atoms with E-state index in [1.165, 1.54) is 11.8 Å². The Morgan fingerprint density at radius 2 is 1.81 bits per heavy atom. The Kier molecular flexibility index (Phi) is 5.72. The van der Waals surface area contributed by atoms with Gasteiger partial charge in [-0.1, -0.05) is 42.1 Å². The zero-order valence-electron chi connectivity index (χ0n) is 17.2. The maximum atomic E-state index is 12.7. The first kappa shape index (κ1) is 20.4. The van der Waals surface area contributed by atoms with Gasteiger partial charge in [-0.3, -0.25) is 9.59 Å². The van der Waals surface area contributed by atoms with Crippen molar-refractivity contribution in [3.63, 3.8) is 0 Å². The van der Waals surface area contributed by atoms with Gasteiger partial charge in [-0.15, -0.1) is 10.2 Å². The molecule has 8 nitrogen and oxygen atoms in total. The summed E-state index contributed by atoms with van der Waals surface area (Å²) in [5.41, 5.74) is 1.33. The Balaban J connectivity index is 1.17. The van der Waals surface area contributed by atoms with E-state index in [0.717, 1.165) is 18.4 Å². The minimum absolute atomic E-state index is 0.0276. The average Bonchev–Trinajstić information content (AvgIpc) is 3.34. The van der Waals surface area contributed by atoms with Gasteiger partial charge in [0.2, 0.25) is 17.7 Å². The van der Waals surface area contributed by atoms with Gasteiger partial charge in [-0.2, -0.15) is 0 Å². The Morgan fingerprint density at radius 1 is 1.06 bits per heavy atom. The zero-order valence-corrected chi connectivity index (χ0v) is 18.0. The summed E-state index contributed by atoms with van der Waals surface area (Å²) in [7, 11) is 0. The van der Waals surface area contributed by atoms with E-state index in [-0.39, 0.29) is 23.1 Å². The van der Waals surface area contributed by atoms with E-state index in [1.54, 1.807) is 18.2 Å². The average molecular weight is 448 g/mol. The molecule has 162 valence electrons. The highest BCUT2D eigenvalue weighted by molar-refractivity contribution is 7.99. The minimum Gasteiger partial charge on any atom is -0.420 e. The van der Waals surface area contributed by atoms with Crippen molar-refractivity contribution in [2.45, 2.75) is 23.9 Å². The lowest BCUT2D eigenvalue weighted by Gasteiger charge is -2.30. The van der Waals surface area contributed by atoms with Crippen LogP contribution in [0.5, 0.6) is 0 Å². The number of amides is 1. The highest BCUT2D eigenvalue weighted by Gasteiger charge is 2.27. The van der Waals surface area contributed by atoms with Crippen LogP contribution in [0.4, 0.5) is 0 Å².